The number of rotatable bonds is 4. The zero-order valence-electron chi connectivity index (χ0n) is 15.7. The van der Waals surface area contributed by atoms with E-state index in [0.29, 0.717) is 30.8 Å². The van der Waals surface area contributed by atoms with Crippen LogP contribution in [0.15, 0.2) is 47.4 Å². The van der Waals surface area contributed by atoms with Crippen LogP contribution in [0.1, 0.15) is 39.1 Å². The van der Waals surface area contributed by atoms with Crippen LogP contribution in [-0.4, -0.2) is 40.9 Å². The molecular formula is C21H22N4O3. The fourth-order valence-electron chi connectivity index (χ4n) is 3.34. The van der Waals surface area contributed by atoms with Crippen LogP contribution in [0, 0.1) is 17.2 Å². The molecule has 1 aliphatic rings. The Morgan fingerprint density at radius 3 is 2.68 bits per heavy atom. The quantitative estimate of drug-likeness (QED) is 0.873. The molecule has 1 aromatic carbocycles. The summed E-state index contributed by atoms with van der Waals surface area (Å²) in [4.78, 5) is 38.7. The summed E-state index contributed by atoms with van der Waals surface area (Å²) in [7, 11) is 1.63. The Bertz CT molecular complexity index is 982. The molecule has 1 aliphatic heterocycles. The van der Waals surface area contributed by atoms with Crippen molar-refractivity contribution in [3.63, 3.8) is 0 Å². The molecule has 2 aromatic rings. The number of amides is 2. The third-order valence-electron chi connectivity index (χ3n) is 5.06. The third kappa shape index (κ3) is 4.29. The van der Waals surface area contributed by atoms with Gasteiger partial charge in [-0.05, 0) is 49.1 Å². The number of aryl methyl sites for hydroxylation is 1. The molecule has 0 saturated carbocycles. The highest BCUT2D eigenvalue weighted by atomic mass is 16.2. The van der Waals surface area contributed by atoms with Crippen molar-refractivity contribution in [2.75, 3.05) is 19.6 Å². The molecule has 1 aromatic heterocycles. The van der Waals surface area contributed by atoms with Gasteiger partial charge in [0.05, 0.1) is 11.6 Å². The SMILES string of the molecule is Cn1cccc(C(=O)N2CCC(CNC(=O)c3cccc(C#N)c3)CC2)c1=O. The first-order valence-corrected chi connectivity index (χ1v) is 9.23. The van der Waals surface area contributed by atoms with Gasteiger partial charge in [-0.3, -0.25) is 14.4 Å². The largest absolute Gasteiger partial charge is 0.352 e. The second-order valence-corrected chi connectivity index (χ2v) is 6.98. The first-order chi connectivity index (χ1) is 13.5. The van der Waals surface area contributed by atoms with Crippen molar-refractivity contribution in [2.24, 2.45) is 13.0 Å². The van der Waals surface area contributed by atoms with Crippen molar-refractivity contribution < 1.29 is 9.59 Å². The van der Waals surface area contributed by atoms with E-state index in [9.17, 15) is 14.4 Å². The Hall–Kier alpha value is -3.40. The average molecular weight is 378 g/mol. The van der Waals surface area contributed by atoms with E-state index in [1.807, 2.05) is 6.07 Å². The number of carbonyl (C=O) groups excluding carboxylic acids is 2. The Kier molecular flexibility index (Phi) is 5.90. The lowest BCUT2D eigenvalue weighted by Gasteiger charge is -2.32. The van der Waals surface area contributed by atoms with E-state index in [1.165, 1.54) is 4.57 Å². The average Bonchev–Trinajstić information content (AvgIpc) is 2.74. The van der Waals surface area contributed by atoms with Crippen molar-refractivity contribution >= 4 is 11.8 Å². The van der Waals surface area contributed by atoms with E-state index in [2.05, 4.69) is 5.32 Å². The van der Waals surface area contributed by atoms with Crippen molar-refractivity contribution in [3.8, 4) is 6.07 Å². The molecule has 1 fully saturated rings. The fraction of sp³-hybridized carbons (Fsp3) is 0.333. The van der Waals surface area contributed by atoms with Gasteiger partial charge in [0.1, 0.15) is 5.56 Å². The molecule has 28 heavy (non-hydrogen) atoms. The van der Waals surface area contributed by atoms with Gasteiger partial charge >= 0.3 is 0 Å². The van der Waals surface area contributed by atoms with Gasteiger partial charge in [-0.1, -0.05) is 6.07 Å². The summed E-state index contributed by atoms with van der Waals surface area (Å²) >= 11 is 0. The number of likely N-dealkylation sites (tertiary alicyclic amines) is 1. The Morgan fingerprint density at radius 1 is 1.21 bits per heavy atom. The number of carbonyl (C=O) groups is 2. The predicted molar refractivity (Wildman–Crippen MR) is 104 cm³/mol. The minimum atomic E-state index is -0.290. The molecule has 0 bridgehead atoms. The maximum absolute atomic E-state index is 12.6. The van der Waals surface area contributed by atoms with E-state index in [1.54, 1.807) is 54.5 Å². The molecule has 2 amide bonds. The maximum atomic E-state index is 12.6. The number of nitrogens with zero attached hydrogens (tertiary/aromatic N) is 3. The summed E-state index contributed by atoms with van der Waals surface area (Å²) in [6.07, 6.45) is 3.15. The minimum absolute atomic E-state index is 0.189. The normalized spacial score (nSPS) is 14.4. The molecule has 1 N–H and O–H groups in total. The zero-order valence-corrected chi connectivity index (χ0v) is 15.7. The minimum Gasteiger partial charge on any atom is -0.352 e. The first-order valence-electron chi connectivity index (χ1n) is 9.23. The van der Waals surface area contributed by atoms with Crippen LogP contribution < -0.4 is 10.9 Å². The topological polar surface area (TPSA) is 95.2 Å². The maximum Gasteiger partial charge on any atom is 0.263 e. The number of pyridine rings is 1. The summed E-state index contributed by atoms with van der Waals surface area (Å²) in [5.74, 6) is -0.175. The van der Waals surface area contributed by atoms with Crippen LogP contribution in [0.25, 0.3) is 0 Å². The number of hydrogen-bond acceptors (Lipinski definition) is 4. The van der Waals surface area contributed by atoms with E-state index in [-0.39, 0.29) is 28.9 Å². The van der Waals surface area contributed by atoms with E-state index >= 15 is 0 Å². The molecule has 0 radical (unpaired) electrons. The zero-order chi connectivity index (χ0) is 20.1. The number of nitriles is 1. The van der Waals surface area contributed by atoms with Crippen LogP contribution in [0.5, 0.6) is 0 Å². The lowest BCUT2D eigenvalue weighted by atomic mass is 9.96. The lowest BCUT2D eigenvalue weighted by molar-refractivity contribution is 0.0682. The van der Waals surface area contributed by atoms with E-state index in [4.69, 9.17) is 5.26 Å². The Morgan fingerprint density at radius 2 is 1.96 bits per heavy atom. The van der Waals surface area contributed by atoms with E-state index < -0.39 is 0 Å². The highest BCUT2D eigenvalue weighted by Crippen LogP contribution is 2.18. The number of hydrogen-bond donors (Lipinski definition) is 1. The van der Waals surface area contributed by atoms with Gasteiger partial charge in [0.25, 0.3) is 17.4 Å². The van der Waals surface area contributed by atoms with Crippen molar-refractivity contribution in [1.82, 2.24) is 14.8 Å². The second kappa shape index (κ2) is 8.53. The van der Waals surface area contributed by atoms with Crippen LogP contribution in [0.4, 0.5) is 0 Å². The second-order valence-electron chi connectivity index (χ2n) is 6.98. The van der Waals surface area contributed by atoms with Crippen LogP contribution in [0.3, 0.4) is 0 Å². The summed E-state index contributed by atoms with van der Waals surface area (Å²) in [5.41, 5.74) is 0.814. The standard InChI is InChI=1S/C21H22N4O3/c1-24-9-3-6-18(20(24)27)21(28)25-10-7-15(8-11-25)14-23-19(26)17-5-2-4-16(12-17)13-22/h2-6,9,12,15H,7-8,10-11,14H2,1H3,(H,23,26). The van der Waals surface area contributed by atoms with Crippen molar-refractivity contribution in [2.45, 2.75) is 12.8 Å². The summed E-state index contributed by atoms with van der Waals surface area (Å²) in [6.45, 7) is 1.63. The number of piperidine rings is 1. The summed E-state index contributed by atoms with van der Waals surface area (Å²) in [6, 6.07) is 11.9. The Balaban J connectivity index is 1.52. The molecule has 0 aliphatic carbocycles. The van der Waals surface area contributed by atoms with Gasteiger partial charge in [0.2, 0.25) is 0 Å². The lowest BCUT2D eigenvalue weighted by Crippen LogP contribution is -2.43. The molecule has 0 unspecified atom stereocenters. The summed E-state index contributed by atoms with van der Waals surface area (Å²) in [5, 5.41) is 11.8. The number of nitrogens with one attached hydrogen (secondary N) is 1. The molecule has 7 heteroatoms. The summed E-state index contributed by atoms with van der Waals surface area (Å²) < 4.78 is 1.40. The Labute approximate surface area is 163 Å². The third-order valence-corrected chi connectivity index (χ3v) is 5.06. The number of benzene rings is 1. The molecule has 3 rings (SSSR count). The molecule has 144 valence electrons. The van der Waals surface area contributed by atoms with Crippen molar-refractivity contribution in [3.05, 3.63) is 69.6 Å². The van der Waals surface area contributed by atoms with Crippen LogP contribution in [0.2, 0.25) is 0 Å². The fourth-order valence-corrected chi connectivity index (χ4v) is 3.34. The molecule has 0 spiro atoms. The van der Waals surface area contributed by atoms with Gasteiger partial charge in [-0.25, -0.2) is 0 Å². The number of aromatic nitrogens is 1. The molecular weight excluding hydrogens is 356 g/mol. The molecule has 1 saturated heterocycles. The van der Waals surface area contributed by atoms with Gasteiger partial charge in [0.15, 0.2) is 0 Å². The van der Waals surface area contributed by atoms with Crippen LogP contribution >= 0.6 is 0 Å². The first kappa shape index (κ1) is 19.4. The van der Waals surface area contributed by atoms with Crippen LogP contribution in [-0.2, 0) is 7.05 Å². The highest BCUT2D eigenvalue weighted by molar-refractivity contribution is 5.94. The molecule has 7 nitrogen and oxygen atoms in total. The highest BCUT2D eigenvalue weighted by Gasteiger charge is 2.25. The van der Waals surface area contributed by atoms with Gasteiger partial charge in [0, 0.05) is 38.4 Å². The van der Waals surface area contributed by atoms with Gasteiger partial charge in [-0.2, -0.15) is 5.26 Å². The molecule has 2 heterocycles. The van der Waals surface area contributed by atoms with Crippen molar-refractivity contribution in [1.29, 1.82) is 5.26 Å². The predicted octanol–water partition coefficient (Wildman–Crippen LogP) is 1.54. The van der Waals surface area contributed by atoms with Gasteiger partial charge in [-0.15, -0.1) is 0 Å². The molecule has 0 atom stereocenters. The smallest absolute Gasteiger partial charge is 0.263 e. The van der Waals surface area contributed by atoms with Gasteiger partial charge < -0.3 is 14.8 Å². The van der Waals surface area contributed by atoms with E-state index in [0.717, 1.165) is 12.8 Å². The monoisotopic (exact) mass is 378 g/mol.